The third-order valence-corrected chi connectivity index (χ3v) is 3.11. The van der Waals surface area contributed by atoms with Crippen LogP contribution in [0.3, 0.4) is 0 Å². The standard InChI is InChI=1S/C15H27N3/c1-5-8-18(10-9-17(3)4)15-11-13(2)6-7-14(15)12-16/h6-7,11H,5,8-10,12,16H2,1-4H3. The van der Waals surface area contributed by atoms with Crippen molar-refractivity contribution in [2.45, 2.75) is 26.8 Å². The second-order valence-electron chi connectivity index (χ2n) is 5.13. The van der Waals surface area contributed by atoms with Gasteiger partial charge in [-0.3, -0.25) is 0 Å². The summed E-state index contributed by atoms with van der Waals surface area (Å²) in [5.74, 6) is 0. The minimum absolute atomic E-state index is 0.609. The number of hydrogen-bond donors (Lipinski definition) is 1. The largest absolute Gasteiger partial charge is 0.370 e. The molecule has 3 nitrogen and oxygen atoms in total. The Kier molecular flexibility index (Phi) is 6.16. The van der Waals surface area contributed by atoms with Crippen molar-refractivity contribution >= 4 is 5.69 Å². The Morgan fingerprint density at radius 1 is 1.11 bits per heavy atom. The van der Waals surface area contributed by atoms with E-state index in [-0.39, 0.29) is 0 Å². The predicted molar refractivity (Wildman–Crippen MR) is 80.1 cm³/mol. The molecule has 0 aliphatic rings. The summed E-state index contributed by atoms with van der Waals surface area (Å²) in [5, 5.41) is 0. The normalized spacial score (nSPS) is 11.0. The van der Waals surface area contributed by atoms with Crippen LogP contribution in [-0.2, 0) is 6.54 Å². The Bertz CT molecular complexity index is 361. The Labute approximate surface area is 112 Å². The van der Waals surface area contributed by atoms with Crippen molar-refractivity contribution in [3.63, 3.8) is 0 Å². The third kappa shape index (κ3) is 4.31. The van der Waals surface area contributed by atoms with Crippen molar-refractivity contribution in [3.8, 4) is 0 Å². The summed E-state index contributed by atoms with van der Waals surface area (Å²) in [6.07, 6.45) is 1.16. The lowest BCUT2D eigenvalue weighted by Gasteiger charge is -2.28. The van der Waals surface area contributed by atoms with E-state index in [1.54, 1.807) is 0 Å². The first kappa shape index (κ1) is 15.0. The van der Waals surface area contributed by atoms with Gasteiger partial charge in [-0.15, -0.1) is 0 Å². The summed E-state index contributed by atoms with van der Waals surface area (Å²) >= 11 is 0. The van der Waals surface area contributed by atoms with Crippen molar-refractivity contribution in [2.24, 2.45) is 5.73 Å². The maximum absolute atomic E-state index is 5.85. The molecule has 0 fully saturated rings. The van der Waals surface area contributed by atoms with Gasteiger partial charge in [0.15, 0.2) is 0 Å². The maximum Gasteiger partial charge on any atom is 0.0414 e. The number of nitrogens with two attached hydrogens (primary N) is 1. The molecule has 0 saturated heterocycles. The molecule has 1 aromatic rings. The van der Waals surface area contributed by atoms with Crippen LogP contribution in [0.2, 0.25) is 0 Å². The number of aryl methyl sites for hydroxylation is 1. The predicted octanol–water partition coefficient (Wildman–Crippen LogP) is 2.23. The first-order valence-corrected chi connectivity index (χ1v) is 6.77. The van der Waals surface area contributed by atoms with Gasteiger partial charge >= 0.3 is 0 Å². The van der Waals surface area contributed by atoms with Crippen LogP contribution in [0.1, 0.15) is 24.5 Å². The van der Waals surface area contributed by atoms with E-state index in [0.29, 0.717) is 6.54 Å². The number of benzene rings is 1. The zero-order chi connectivity index (χ0) is 13.5. The minimum atomic E-state index is 0.609. The van der Waals surface area contributed by atoms with Gasteiger partial charge in [0.2, 0.25) is 0 Å². The van der Waals surface area contributed by atoms with Gasteiger partial charge in [-0.1, -0.05) is 19.1 Å². The highest BCUT2D eigenvalue weighted by atomic mass is 15.2. The van der Waals surface area contributed by atoms with E-state index in [0.717, 1.165) is 26.1 Å². The highest BCUT2D eigenvalue weighted by Gasteiger charge is 2.10. The van der Waals surface area contributed by atoms with E-state index in [1.807, 2.05) is 0 Å². The van der Waals surface area contributed by atoms with E-state index in [2.05, 4.69) is 55.9 Å². The van der Waals surface area contributed by atoms with Crippen LogP contribution in [0.15, 0.2) is 18.2 Å². The van der Waals surface area contributed by atoms with Crippen LogP contribution in [0.4, 0.5) is 5.69 Å². The SMILES string of the molecule is CCCN(CCN(C)C)c1cc(C)ccc1CN. The molecule has 0 spiro atoms. The van der Waals surface area contributed by atoms with E-state index < -0.39 is 0 Å². The Morgan fingerprint density at radius 2 is 1.83 bits per heavy atom. The maximum atomic E-state index is 5.85. The molecule has 0 aliphatic heterocycles. The fourth-order valence-electron chi connectivity index (χ4n) is 2.08. The highest BCUT2D eigenvalue weighted by Crippen LogP contribution is 2.22. The van der Waals surface area contributed by atoms with Crippen molar-refractivity contribution in [2.75, 3.05) is 38.6 Å². The average Bonchev–Trinajstić information content (AvgIpc) is 2.34. The molecule has 0 atom stereocenters. The van der Waals surface area contributed by atoms with Crippen molar-refractivity contribution < 1.29 is 0 Å². The summed E-state index contributed by atoms with van der Waals surface area (Å²) in [6, 6.07) is 6.55. The van der Waals surface area contributed by atoms with E-state index >= 15 is 0 Å². The molecule has 0 bridgehead atoms. The van der Waals surface area contributed by atoms with Gasteiger partial charge in [0.25, 0.3) is 0 Å². The summed E-state index contributed by atoms with van der Waals surface area (Å²) < 4.78 is 0. The fraction of sp³-hybridized carbons (Fsp3) is 0.600. The first-order valence-electron chi connectivity index (χ1n) is 6.77. The second kappa shape index (κ2) is 7.39. The smallest absolute Gasteiger partial charge is 0.0414 e. The van der Waals surface area contributed by atoms with Gasteiger partial charge in [-0.2, -0.15) is 0 Å². The number of anilines is 1. The Hall–Kier alpha value is -1.06. The second-order valence-corrected chi connectivity index (χ2v) is 5.13. The molecule has 0 unspecified atom stereocenters. The lowest BCUT2D eigenvalue weighted by Crippen LogP contribution is -2.33. The molecule has 1 aromatic carbocycles. The van der Waals surface area contributed by atoms with E-state index in [9.17, 15) is 0 Å². The van der Waals surface area contributed by atoms with Gasteiger partial charge in [0.05, 0.1) is 0 Å². The van der Waals surface area contributed by atoms with Crippen LogP contribution in [0.5, 0.6) is 0 Å². The average molecular weight is 249 g/mol. The number of hydrogen-bond acceptors (Lipinski definition) is 3. The highest BCUT2D eigenvalue weighted by molar-refractivity contribution is 5.55. The third-order valence-electron chi connectivity index (χ3n) is 3.11. The molecule has 0 saturated carbocycles. The Morgan fingerprint density at radius 3 is 2.39 bits per heavy atom. The lowest BCUT2D eigenvalue weighted by molar-refractivity contribution is 0.413. The van der Waals surface area contributed by atoms with Crippen molar-refractivity contribution in [1.82, 2.24) is 4.90 Å². The van der Waals surface area contributed by atoms with Crippen molar-refractivity contribution in [1.29, 1.82) is 0 Å². The molecule has 0 aliphatic carbocycles. The first-order chi connectivity index (χ1) is 8.58. The van der Waals surface area contributed by atoms with Gasteiger partial charge < -0.3 is 15.5 Å². The summed E-state index contributed by atoms with van der Waals surface area (Å²) in [6.45, 7) is 8.18. The number of likely N-dealkylation sites (N-methyl/N-ethyl adjacent to an activating group) is 1. The fourth-order valence-corrected chi connectivity index (χ4v) is 2.08. The van der Waals surface area contributed by atoms with Crippen molar-refractivity contribution in [3.05, 3.63) is 29.3 Å². The van der Waals surface area contributed by atoms with Crippen LogP contribution in [-0.4, -0.2) is 38.6 Å². The van der Waals surface area contributed by atoms with Gasteiger partial charge in [0, 0.05) is 31.9 Å². The summed E-state index contributed by atoms with van der Waals surface area (Å²) in [7, 11) is 4.23. The molecule has 0 aromatic heterocycles. The van der Waals surface area contributed by atoms with Gasteiger partial charge in [0.1, 0.15) is 0 Å². The quantitative estimate of drug-likeness (QED) is 0.804. The molecule has 0 amide bonds. The number of rotatable bonds is 7. The molecule has 0 radical (unpaired) electrons. The van der Waals surface area contributed by atoms with Crippen LogP contribution < -0.4 is 10.6 Å². The van der Waals surface area contributed by atoms with E-state index in [4.69, 9.17) is 5.73 Å². The van der Waals surface area contributed by atoms with Gasteiger partial charge in [-0.25, -0.2) is 0 Å². The van der Waals surface area contributed by atoms with Gasteiger partial charge in [-0.05, 0) is 44.6 Å². The lowest BCUT2D eigenvalue weighted by atomic mass is 10.1. The molecule has 0 heterocycles. The topological polar surface area (TPSA) is 32.5 Å². The van der Waals surface area contributed by atoms with Crippen LogP contribution >= 0.6 is 0 Å². The molecular formula is C15H27N3. The van der Waals surface area contributed by atoms with Crippen LogP contribution in [0.25, 0.3) is 0 Å². The monoisotopic (exact) mass is 249 g/mol. The molecular weight excluding hydrogens is 222 g/mol. The molecule has 102 valence electrons. The molecule has 1 rings (SSSR count). The van der Waals surface area contributed by atoms with E-state index in [1.165, 1.54) is 16.8 Å². The summed E-state index contributed by atoms with van der Waals surface area (Å²) in [4.78, 5) is 4.68. The summed E-state index contributed by atoms with van der Waals surface area (Å²) in [5.41, 5.74) is 9.70. The molecule has 3 heteroatoms. The minimum Gasteiger partial charge on any atom is -0.370 e. The zero-order valence-corrected chi connectivity index (χ0v) is 12.2. The Balaban J connectivity index is 2.92. The van der Waals surface area contributed by atoms with Crippen LogP contribution in [0, 0.1) is 6.92 Å². The molecule has 18 heavy (non-hydrogen) atoms. The zero-order valence-electron chi connectivity index (χ0n) is 12.2. The number of nitrogens with zero attached hydrogens (tertiary/aromatic N) is 2. The molecule has 2 N–H and O–H groups in total.